The maximum Gasteiger partial charge on any atom is 0.231 e. The molecule has 1 atom stereocenters. The van der Waals surface area contributed by atoms with Gasteiger partial charge in [0.05, 0.1) is 17.0 Å². The smallest absolute Gasteiger partial charge is 0.231 e. The number of aromatic nitrogens is 4. The van der Waals surface area contributed by atoms with E-state index in [4.69, 9.17) is 4.52 Å². The molecule has 1 aliphatic rings. The predicted molar refractivity (Wildman–Crippen MR) is 77.7 cm³/mol. The van der Waals surface area contributed by atoms with E-state index in [1.54, 1.807) is 12.4 Å². The summed E-state index contributed by atoms with van der Waals surface area (Å²) in [6.45, 7) is 1.98. The second-order valence-corrected chi connectivity index (χ2v) is 5.26. The third-order valence-corrected chi connectivity index (χ3v) is 3.82. The first-order valence-electron chi connectivity index (χ1n) is 7.15. The normalized spacial score (nSPS) is 19.0. The Kier molecular flexibility index (Phi) is 3.08. The number of nitrogens with zero attached hydrogens (tertiary/aromatic N) is 4. The second-order valence-electron chi connectivity index (χ2n) is 5.26. The molecule has 0 saturated carbocycles. The molecule has 21 heavy (non-hydrogen) atoms. The summed E-state index contributed by atoms with van der Waals surface area (Å²) in [4.78, 5) is 13.1. The molecular weight excluding hydrogens is 266 g/mol. The monoisotopic (exact) mass is 281 g/mol. The van der Waals surface area contributed by atoms with E-state index in [0.717, 1.165) is 48.4 Å². The summed E-state index contributed by atoms with van der Waals surface area (Å²) in [5.41, 5.74) is 2.60. The van der Waals surface area contributed by atoms with Crippen LogP contribution in [0.3, 0.4) is 0 Å². The van der Waals surface area contributed by atoms with Gasteiger partial charge in [0.2, 0.25) is 11.7 Å². The summed E-state index contributed by atoms with van der Waals surface area (Å²) in [5, 5.41) is 7.47. The van der Waals surface area contributed by atoms with Gasteiger partial charge in [-0.25, -0.2) is 0 Å². The molecule has 1 fully saturated rings. The van der Waals surface area contributed by atoms with Gasteiger partial charge in [0.15, 0.2) is 0 Å². The van der Waals surface area contributed by atoms with Crippen LogP contribution in [0.2, 0.25) is 0 Å². The van der Waals surface area contributed by atoms with Gasteiger partial charge >= 0.3 is 0 Å². The van der Waals surface area contributed by atoms with Crippen LogP contribution in [-0.4, -0.2) is 33.2 Å². The molecule has 106 valence electrons. The van der Waals surface area contributed by atoms with Crippen LogP contribution in [0.15, 0.2) is 35.1 Å². The maximum atomic E-state index is 5.43. The minimum absolute atomic E-state index is 0.320. The Morgan fingerprint density at radius 3 is 2.90 bits per heavy atom. The maximum absolute atomic E-state index is 5.43. The molecule has 0 aliphatic carbocycles. The lowest BCUT2D eigenvalue weighted by atomic mass is 10.00. The van der Waals surface area contributed by atoms with Crippen molar-refractivity contribution in [2.75, 3.05) is 13.1 Å². The van der Waals surface area contributed by atoms with Crippen molar-refractivity contribution in [3.63, 3.8) is 0 Å². The van der Waals surface area contributed by atoms with Crippen LogP contribution < -0.4 is 5.32 Å². The molecule has 0 bridgehead atoms. The minimum atomic E-state index is 0.320. The summed E-state index contributed by atoms with van der Waals surface area (Å²) < 4.78 is 5.43. The molecule has 1 saturated heterocycles. The van der Waals surface area contributed by atoms with Crippen LogP contribution in [0.5, 0.6) is 0 Å². The molecule has 4 rings (SSSR count). The third-order valence-electron chi connectivity index (χ3n) is 3.82. The van der Waals surface area contributed by atoms with E-state index < -0.39 is 0 Å². The first kappa shape index (κ1) is 12.4. The van der Waals surface area contributed by atoms with Crippen molar-refractivity contribution in [2.24, 2.45) is 0 Å². The topological polar surface area (TPSA) is 76.7 Å². The van der Waals surface area contributed by atoms with Crippen molar-refractivity contribution < 1.29 is 4.52 Å². The molecule has 6 nitrogen and oxygen atoms in total. The highest BCUT2D eigenvalue weighted by atomic mass is 16.5. The molecule has 1 aliphatic heterocycles. The summed E-state index contributed by atoms with van der Waals surface area (Å²) >= 11 is 0. The molecule has 0 radical (unpaired) electrons. The Morgan fingerprint density at radius 2 is 2.05 bits per heavy atom. The molecule has 0 unspecified atom stereocenters. The van der Waals surface area contributed by atoms with Gasteiger partial charge in [-0.15, -0.1) is 0 Å². The number of piperidine rings is 1. The standard InChI is InChI=1S/C15H15N5O/c1-2-11(9-16-5-1)15-19-14(20-21-15)10-3-4-12-13(8-10)18-7-6-17-12/h3-4,6-8,11,16H,1-2,5,9H2/t11-/m1/s1. The van der Waals surface area contributed by atoms with Gasteiger partial charge < -0.3 is 9.84 Å². The van der Waals surface area contributed by atoms with Crippen LogP contribution in [0.25, 0.3) is 22.4 Å². The van der Waals surface area contributed by atoms with Crippen LogP contribution in [0.4, 0.5) is 0 Å². The summed E-state index contributed by atoms with van der Waals surface area (Å²) in [7, 11) is 0. The number of benzene rings is 1. The van der Waals surface area contributed by atoms with Crippen molar-refractivity contribution in [1.82, 2.24) is 25.4 Å². The molecular formula is C15H15N5O. The number of fused-ring (bicyclic) bond motifs is 1. The number of hydrogen-bond acceptors (Lipinski definition) is 6. The summed E-state index contributed by atoms with van der Waals surface area (Å²) in [6, 6.07) is 5.82. The molecule has 3 heterocycles. The fraction of sp³-hybridized carbons (Fsp3) is 0.333. The average Bonchev–Trinajstić information content (AvgIpc) is 3.05. The fourth-order valence-corrected chi connectivity index (χ4v) is 2.68. The highest BCUT2D eigenvalue weighted by Crippen LogP contribution is 2.25. The van der Waals surface area contributed by atoms with E-state index in [1.807, 2.05) is 18.2 Å². The Hall–Kier alpha value is -2.34. The lowest BCUT2D eigenvalue weighted by Gasteiger charge is -2.18. The number of nitrogens with one attached hydrogen (secondary N) is 1. The van der Waals surface area contributed by atoms with E-state index in [-0.39, 0.29) is 0 Å². The SMILES string of the molecule is c1cnc2cc(-c3noc([C@@H]4CCCNC4)n3)ccc2n1. The van der Waals surface area contributed by atoms with Crippen LogP contribution in [0, 0.1) is 0 Å². The van der Waals surface area contributed by atoms with E-state index in [9.17, 15) is 0 Å². The molecule has 3 aromatic rings. The first-order valence-corrected chi connectivity index (χ1v) is 7.15. The van der Waals surface area contributed by atoms with Crippen LogP contribution >= 0.6 is 0 Å². The Labute approximate surface area is 121 Å². The lowest BCUT2D eigenvalue weighted by molar-refractivity contribution is 0.322. The minimum Gasteiger partial charge on any atom is -0.339 e. The van der Waals surface area contributed by atoms with Crippen molar-refractivity contribution in [3.05, 3.63) is 36.5 Å². The van der Waals surface area contributed by atoms with Crippen LogP contribution in [0.1, 0.15) is 24.7 Å². The highest BCUT2D eigenvalue weighted by Gasteiger charge is 2.21. The van der Waals surface area contributed by atoms with Crippen molar-refractivity contribution >= 4 is 11.0 Å². The molecule has 1 N–H and O–H groups in total. The van der Waals surface area contributed by atoms with E-state index in [2.05, 4.69) is 25.4 Å². The molecule has 0 spiro atoms. The van der Waals surface area contributed by atoms with Crippen molar-refractivity contribution in [3.8, 4) is 11.4 Å². The second kappa shape index (κ2) is 5.21. The zero-order chi connectivity index (χ0) is 14.1. The highest BCUT2D eigenvalue weighted by molar-refractivity contribution is 5.79. The van der Waals surface area contributed by atoms with E-state index in [0.29, 0.717) is 11.7 Å². The van der Waals surface area contributed by atoms with Gasteiger partial charge in [-0.1, -0.05) is 5.16 Å². The summed E-state index contributed by atoms with van der Waals surface area (Å²) in [6.07, 6.45) is 5.61. The Bertz CT molecular complexity index is 763. The first-order chi connectivity index (χ1) is 10.4. The van der Waals surface area contributed by atoms with Crippen LogP contribution in [-0.2, 0) is 0 Å². The third kappa shape index (κ3) is 2.38. The van der Waals surface area contributed by atoms with Gasteiger partial charge in [-0.05, 0) is 37.6 Å². The largest absolute Gasteiger partial charge is 0.339 e. The molecule has 0 amide bonds. The van der Waals surface area contributed by atoms with Gasteiger partial charge in [-0.3, -0.25) is 9.97 Å². The predicted octanol–water partition coefficient (Wildman–Crippen LogP) is 2.15. The molecule has 6 heteroatoms. The van der Waals surface area contributed by atoms with E-state index in [1.165, 1.54) is 0 Å². The van der Waals surface area contributed by atoms with Gasteiger partial charge in [-0.2, -0.15) is 4.98 Å². The van der Waals surface area contributed by atoms with E-state index >= 15 is 0 Å². The van der Waals surface area contributed by atoms with Gasteiger partial charge in [0.25, 0.3) is 0 Å². The lowest BCUT2D eigenvalue weighted by Crippen LogP contribution is -2.28. The fourth-order valence-electron chi connectivity index (χ4n) is 2.68. The molecule has 2 aromatic heterocycles. The summed E-state index contributed by atoms with van der Waals surface area (Å²) in [5.74, 6) is 1.65. The van der Waals surface area contributed by atoms with Crippen molar-refractivity contribution in [1.29, 1.82) is 0 Å². The molecule has 1 aromatic carbocycles. The van der Waals surface area contributed by atoms with Gasteiger partial charge in [0.1, 0.15) is 0 Å². The Balaban J connectivity index is 1.67. The zero-order valence-corrected chi connectivity index (χ0v) is 11.5. The number of hydrogen-bond donors (Lipinski definition) is 1. The number of rotatable bonds is 2. The quantitative estimate of drug-likeness (QED) is 0.775. The van der Waals surface area contributed by atoms with Crippen molar-refractivity contribution in [2.45, 2.75) is 18.8 Å². The zero-order valence-electron chi connectivity index (χ0n) is 11.5. The van der Waals surface area contributed by atoms with Gasteiger partial charge in [0, 0.05) is 24.5 Å². The average molecular weight is 281 g/mol. The Morgan fingerprint density at radius 1 is 1.14 bits per heavy atom.